The first-order chi connectivity index (χ1) is 12.2. The number of aryl methyl sites for hydroxylation is 1. The van der Waals surface area contributed by atoms with Crippen molar-refractivity contribution in [1.82, 2.24) is 9.88 Å². The van der Waals surface area contributed by atoms with Gasteiger partial charge < -0.3 is 4.90 Å². The Morgan fingerprint density at radius 2 is 1.88 bits per heavy atom. The van der Waals surface area contributed by atoms with Gasteiger partial charge in [0.2, 0.25) is 5.91 Å². The number of piperidine rings is 2. The van der Waals surface area contributed by atoms with Crippen molar-refractivity contribution in [3.63, 3.8) is 0 Å². The number of thiazole rings is 1. The minimum Gasteiger partial charge on any atom is -0.312 e. The molecule has 0 N–H and O–H groups in total. The van der Waals surface area contributed by atoms with Crippen molar-refractivity contribution in [2.45, 2.75) is 39.2 Å². The minimum absolute atomic E-state index is 0.149. The standard InChI is InChI=1S/C20H25N3OS/c1-16-15-25-18(21-16)14-22-12-9-20(10-13-22)8-5-11-23(19(20)24)17-6-3-2-4-7-17/h2-4,6-7,15H,5,8-14H2,1H3. The number of aromatic nitrogens is 1. The summed E-state index contributed by atoms with van der Waals surface area (Å²) in [6.45, 7) is 5.81. The molecule has 0 aliphatic carbocycles. The van der Waals surface area contributed by atoms with Gasteiger partial charge >= 0.3 is 0 Å². The topological polar surface area (TPSA) is 36.4 Å². The third-order valence-corrected chi connectivity index (χ3v) is 6.59. The molecule has 2 aromatic rings. The normalized spacial score (nSPS) is 21.0. The molecule has 0 saturated carbocycles. The molecule has 0 radical (unpaired) electrons. The second-order valence-electron chi connectivity index (χ2n) is 7.33. The molecule has 4 nitrogen and oxygen atoms in total. The van der Waals surface area contributed by atoms with Crippen LogP contribution in [0.3, 0.4) is 0 Å². The Labute approximate surface area is 153 Å². The lowest BCUT2D eigenvalue weighted by atomic mass is 9.71. The van der Waals surface area contributed by atoms with Crippen LogP contribution in [0.4, 0.5) is 5.69 Å². The van der Waals surface area contributed by atoms with Crippen molar-refractivity contribution in [3.05, 3.63) is 46.4 Å². The summed E-state index contributed by atoms with van der Waals surface area (Å²) in [5, 5.41) is 3.30. The Morgan fingerprint density at radius 3 is 2.56 bits per heavy atom. The van der Waals surface area contributed by atoms with E-state index < -0.39 is 0 Å². The lowest BCUT2D eigenvalue weighted by molar-refractivity contribution is -0.133. The van der Waals surface area contributed by atoms with Crippen LogP contribution < -0.4 is 4.90 Å². The highest BCUT2D eigenvalue weighted by molar-refractivity contribution is 7.09. The van der Waals surface area contributed by atoms with Crippen molar-refractivity contribution >= 4 is 22.9 Å². The molecule has 5 heteroatoms. The van der Waals surface area contributed by atoms with Crippen molar-refractivity contribution < 1.29 is 4.79 Å². The SMILES string of the molecule is Cc1csc(CN2CCC3(CCCN(c4ccccc4)C3=O)CC2)n1. The maximum atomic E-state index is 13.3. The Balaban J connectivity index is 1.43. The average Bonchev–Trinajstić information content (AvgIpc) is 3.05. The molecule has 132 valence electrons. The van der Waals surface area contributed by atoms with Crippen molar-refractivity contribution in [3.8, 4) is 0 Å². The van der Waals surface area contributed by atoms with E-state index in [-0.39, 0.29) is 5.41 Å². The molecule has 3 heterocycles. The van der Waals surface area contributed by atoms with E-state index in [0.717, 1.165) is 63.2 Å². The zero-order chi connectivity index (χ0) is 17.3. The Kier molecular flexibility index (Phi) is 4.61. The predicted molar refractivity (Wildman–Crippen MR) is 102 cm³/mol. The number of amides is 1. The number of likely N-dealkylation sites (tertiary alicyclic amines) is 1. The Bertz CT molecular complexity index is 734. The van der Waals surface area contributed by atoms with Crippen LogP contribution in [-0.4, -0.2) is 35.4 Å². The van der Waals surface area contributed by atoms with Crippen molar-refractivity contribution in [1.29, 1.82) is 0 Å². The molecule has 2 aliphatic heterocycles. The van der Waals surface area contributed by atoms with E-state index in [1.165, 1.54) is 5.01 Å². The predicted octanol–water partition coefficient (Wildman–Crippen LogP) is 3.86. The van der Waals surface area contributed by atoms with Crippen LogP contribution in [0.25, 0.3) is 0 Å². The zero-order valence-electron chi connectivity index (χ0n) is 14.8. The highest BCUT2D eigenvalue weighted by Crippen LogP contribution is 2.42. The van der Waals surface area contributed by atoms with Crippen LogP contribution >= 0.6 is 11.3 Å². The number of rotatable bonds is 3. The summed E-state index contributed by atoms with van der Waals surface area (Å²) in [7, 11) is 0. The molecule has 1 aromatic carbocycles. The Morgan fingerprint density at radius 1 is 1.12 bits per heavy atom. The fourth-order valence-electron chi connectivity index (χ4n) is 4.19. The molecular formula is C20H25N3OS. The molecule has 4 rings (SSSR count). The molecule has 25 heavy (non-hydrogen) atoms. The van der Waals surface area contributed by atoms with Gasteiger partial charge in [0.15, 0.2) is 0 Å². The first-order valence-electron chi connectivity index (χ1n) is 9.17. The molecule has 1 aromatic heterocycles. The lowest BCUT2D eigenvalue weighted by Gasteiger charge is -2.46. The molecule has 0 bridgehead atoms. The summed E-state index contributed by atoms with van der Waals surface area (Å²) in [4.78, 5) is 22.3. The maximum absolute atomic E-state index is 13.3. The number of carbonyl (C=O) groups excluding carboxylic acids is 1. The average molecular weight is 356 g/mol. The van der Waals surface area contributed by atoms with E-state index in [1.54, 1.807) is 11.3 Å². The molecule has 1 amide bonds. The molecule has 1 spiro atoms. The largest absolute Gasteiger partial charge is 0.312 e. The molecule has 0 atom stereocenters. The molecule has 2 saturated heterocycles. The molecular weight excluding hydrogens is 330 g/mol. The fourth-order valence-corrected chi connectivity index (χ4v) is 5.01. The summed E-state index contributed by atoms with van der Waals surface area (Å²) >= 11 is 1.74. The number of anilines is 1. The van der Waals surface area contributed by atoms with E-state index in [2.05, 4.69) is 27.4 Å². The van der Waals surface area contributed by atoms with E-state index in [9.17, 15) is 4.79 Å². The van der Waals surface area contributed by atoms with Crippen molar-refractivity contribution in [2.75, 3.05) is 24.5 Å². The number of para-hydroxylation sites is 1. The van der Waals surface area contributed by atoms with E-state index in [0.29, 0.717) is 5.91 Å². The van der Waals surface area contributed by atoms with E-state index in [4.69, 9.17) is 0 Å². The van der Waals surface area contributed by atoms with Gasteiger partial charge in [-0.2, -0.15) is 0 Å². The maximum Gasteiger partial charge on any atom is 0.233 e. The monoisotopic (exact) mass is 355 g/mol. The highest BCUT2D eigenvalue weighted by atomic mass is 32.1. The third kappa shape index (κ3) is 3.35. The second-order valence-corrected chi connectivity index (χ2v) is 8.28. The lowest BCUT2D eigenvalue weighted by Crippen LogP contribution is -2.53. The summed E-state index contributed by atoms with van der Waals surface area (Å²) < 4.78 is 0. The first-order valence-corrected chi connectivity index (χ1v) is 10.0. The van der Waals surface area contributed by atoms with Gasteiger partial charge in [-0.1, -0.05) is 18.2 Å². The van der Waals surface area contributed by atoms with Crippen LogP contribution in [0.2, 0.25) is 0 Å². The summed E-state index contributed by atoms with van der Waals surface area (Å²) in [5.41, 5.74) is 2.00. The minimum atomic E-state index is -0.149. The van der Waals surface area contributed by atoms with Crippen LogP contribution in [0.1, 0.15) is 36.4 Å². The van der Waals surface area contributed by atoms with Crippen LogP contribution in [-0.2, 0) is 11.3 Å². The van der Waals surface area contributed by atoms with Gasteiger partial charge in [0.25, 0.3) is 0 Å². The van der Waals surface area contributed by atoms with Gasteiger partial charge in [-0.15, -0.1) is 11.3 Å². The number of benzene rings is 1. The van der Waals surface area contributed by atoms with Crippen LogP contribution in [0.5, 0.6) is 0 Å². The summed E-state index contributed by atoms with van der Waals surface area (Å²) in [5.74, 6) is 0.342. The van der Waals surface area contributed by atoms with Gasteiger partial charge in [0.1, 0.15) is 5.01 Å². The highest BCUT2D eigenvalue weighted by Gasteiger charge is 2.45. The summed E-state index contributed by atoms with van der Waals surface area (Å²) in [6, 6.07) is 10.1. The summed E-state index contributed by atoms with van der Waals surface area (Å²) in [6.07, 6.45) is 4.09. The van der Waals surface area contributed by atoms with Gasteiger partial charge in [0, 0.05) is 23.3 Å². The van der Waals surface area contributed by atoms with Crippen LogP contribution in [0, 0.1) is 12.3 Å². The molecule has 0 unspecified atom stereocenters. The number of nitrogens with zero attached hydrogens (tertiary/aromatic N) is 3. The number of hydrogen-bond acceptors (Lipinski definition) is 4. The van der Waals surface area contributed by atoms with Gasteiger partial charge in [0.05, 0.1) is 12.0 Å². The molecule has 2 aliphatic rings. The van der Waals surface area contributed by atoms with E-state index >= 15 is 0 Å². The second kappa shape index (κ2) is 6.89. The Hall–Kier alpha value is -1.72. The van der Waals surface area contributed by atoms with E-state index in [1.807, 2.05) is 30.0 Å². The smallest absolute Gasteiger partial charge is 0.233 e. The van der Waals surface area contributed by atoms with Gasteiger partial charge in [-0.3, -0.25) is 9.69 Å². The quantitative estimate of drug-likeness (QED) is 0.839. The number of hydrogen-bond donors (Lipinski definition) is 0. The van der Waals surface area contributed by atoms with Crippen LogP contribution in [0.15, 0.2) is 35.7 Å². The third-order valence-electron chi connectivity index (χ3n) is 5.64. The van der Waals surface area contributed by atoms with Gasteiger partial charge in [-0.25, -0.2) is 4.98 Å². The van der Waals surface area contributed by atoms with Gasteiger partial charge in [-0.05, 0) is 57.8 Å². The fraction of sp³-hybridized carbons (Fsp3) is 0.500. The number of carbonyl (C=O) groups is 1. The first kappa shape index (κ1) is 16.7. The van der Waals surface area contributed by atoms with Crippen molar-refractivity contribution in [2.24, 2.45) is 5.41 Å². The zero-order valence-corrected chi connectivity index (χ0v) is 15.6. The molecule has 2 fully saturated rings.